The Labute approximate surface area is 122 Å². The van der Waals surface area contributed by atoms with E-state index in [1.54, 1.807) is 31.4 Å². The Morgan fingerprint density at radius 1 is 1.35 bits per heavy atom. The Morgan fingerprint density at radius 3 is 2.80 bits per heavy atom. The standard InChI is InChI=1S/C15H17ClN2O2/c1-3-4-7-18(2)15(20)14(19)12-9-17-13-8-10(16)5-6-11(12)13/h5-6,8-9,17H,3-4,7H2,1-2H3. The molecule has 2 aromatic rings. The number of hydrogen-bond acceptors (Lipinski definition) is 2. The molecule has 0 saturated heterocycles. The molecule has 1 amide bonds. The van der Waals surface area contributed by atoms with E-state index in [2.05, 4.69) is 4.98 Å². The van der Waals surface area contributed by atoms with Crippen molar-refractivity contribution in [3.05, 3.63) is 35.0 Å². The number of Topliss-reactive ketones (excluding diaryl/α,β-unsaturated/α-hetero) is 1. The van der Waals surface area contributed by atoms with Crippen LogP contribution in [0.15, 0.2) is 24.4 Å². The van der Waals surface area contributed by atoms with Gasteiger partial charge >= 0.3 is 0 Å². The van der Waals surface area contributed by atoms with Gasteiger partial charge in [0, 0.05) is 35.7 Å². The maximum absolute atomic E-state index is 12.3. The summed E-state index contributed by atoms with van der Waals surface area (Å²) < 4.78 is 0. The molecule has 0 aliphatic heterocycles. The van der Waals surface area contributed by atoms with Crippen molar-refractivity contribution < 1.29 is 9.59 Å². The molecule has 1 heterocycles. The molecule has 0 saturated carbocycles. The highest BCUT2D eigenvalue weighted by Gasteiger charge is 2.22. The third-order valence-corrected chi connectivity index (χ3v) is 3.51. The quantitative estimate of drug-likeness (QED) is 0.679. The minimum absolute atomic E-state index is 0.394. The number of likely N-dealkylation sites (N-methyl/N-ethyl adjacent to an activating group) is 1. The van der Waals surface area contributed by atoms with Gasteiger partial charge in [0.1, 0.15) is 0 Å². The fourth-order valence-corrected chi connectivity index (χ4v) is 2.24. The van der Waals surface area contributed by atoms with Gasteiger partial charge in [0.25, 0.3) is 11.7 Å². The minimum Gasteiger partial charge on any atom is -0.360 e. The van der Waals surface area contributed by atoms with Gasteiger partial charge in [-0.25, -0.2) is 0 Å². The van der Waals surface area contributed by atoms with Gasteiger partial charge in [-0.05, 0) is 18.6 Å². The van der Waals surface area contributed by atoms with Crippen LogP contribution < -0.4 is 0 Å². The number of carbonyl (C=O) groups excluding carboxylic acids is 2. The third-order valence-electron chi connectivity index (χ3n) is 3.28. The molecule has 1 aromatic heterocycles. The Hall–Kier alpha value is -1.81. The Kier molecular flexibility index (Phi) is 4.45. The van der Waals surface area contributed by atoms with Crippen LogP contribution in [0.3, 0.4) is 0 Å². The molecule has 20 heavy (non-hydrogen) atoms. The molecular weight excluding hydrogens is 276 g/mol. The zero-order chi connectivity index (χ0) is 14.7. The van der Waals surface area contributed by atoms with Crippen molar-refractivity contribution >= 4 is 34.2 Å². The molecule has 0 atom stereocenters. The molecule has 0 aliphatic carbocycles. The molecule has 5 heteroatoms. The fourth-order valence-electron chi connectivity index (χ4n) is 2.07. The number of nitrogens with zero attached hydrogens (tertiary/aromatic N) is 1. The van der Waals surface area contributed by atoms with Crippen LogP contribution in [0.1, 0.15) is 30.1 Å². The number of rotatable bonds is 5. The maximum Gasteiger partial charge on any atom is 0.294 e. The van der Waals surface area contributed by atoms with Gasteiger partial charge in [-0.1, -0.05) is 31.0 Å². The number of amides is 1. The number of benzene rings is 1. The molecule has 1 N–H and O–H groups in total. The van der Waals surface area contributed by atoms with Crippen molar-refractivity contribution in [2.45, 2.75) is 19.8 Å². The lowest BCUT2D eigenvalue weighted by Crippen LogP contribution is -2.33. The number of ketones is 1. The van der Waals surface area contributed by atoms with Crippen LogP contribution >= 0.6 is 11.6 Å². The number of hydrogen-bond donors (Lipinski definition) is 1. The second-order valence-electron chi connectivity index (χ2n) is 4.80. The summed E-state index contributed by atoms with van der Waals surface area (Å²) >= 11 is 5.90. The lowest BCUT2D eigenvalue weighted by Gasteiger charge is -2.15. The Morgan fingerprint density at radius 2 is 2.10 bits per heavy atom. The molecule has 0 spiro atoms. The van der Waals surface area contributed by atoms with Crippen LogP contribution in [0.25, 0.3) is 10.9 Å². The normalized spacial score (nSPS) is 10.8. The van der Waals surface area contributed by atoms with E-state index in [1.165, 1.54) is 4.90 Å². The summed E-state index contributed by atoms with van der Waals surface area (Å²) in [4.78, 5) is 28.8. The number of H-pyrrole nitrogens is 1. The van der Waals surface area contributed by atoms with Crippen LogP contribution in [0, 0.1) is 0 Å². The number of nitrogens with one attached hydrogen (secondary N) is 1. The number of carbonyl (C=O) groups is 2. The fraction of sp³-hybridized carbons (Fsp3) is 0.333. The first-order chi connectivity index (χ1) is 9.54. The van der Waals surface area contributed by atoms with E-state index in [9.17, 15) is 9.59 Å². The summed E-state index contributed by atoms with van der Waals surface area (Å²) in [5.74, 6) is -0.966. The largest absolute Gasteiger partial charge is 0.360 e. The summed E-state index contributed by atoms with van der Waals surface area (Å²) in [6.07, 6.45) is 3.44. The molecule has 1 aromatic carbocycles. The highest BCUT2D eigenvalue weighted by molar-refractivity contribution is 6.45. The third kappa shape index (κ3) is 2.85. The number of unbranched alkanes of at least 4 members (excludes halogenated alkanes) is 1. The molecule has 2 rings (SSSR count). The van der Waals surface area contributed by atoms with Crippen molar-refractivity contribution in [2.75, 3.05) is 13.6 Å². The minimum atomic E-state index is -0.489. The number of aromatic amines is 1. The second-order valence-corrected chi connectivity index (χ2v) is 5.24. The smallest absolute Gasteiger partial charge is 0.294 e. The lowest BCUT2D eigenvalue weighted by molar-refractivity contribution is -0.125. The summed E-state index contributed by atoms with van der Waals surface area (Å²) in [5.41, 5.74) is 1.15. The molecular formula is C15H17ClN2O2. The first-order valence-corrected chi connectivity index (χ1v) is 6.98. The molecule has 0 aliphatic rings. The highest BCUT2D eigenvalue weighted by atomic mass is 35.5. The first-order valence-electron chi connectivity index (χ1n) is 6.61. The van der Waals surface area contributed by atoms with Crippen LogP contribution in [-0.4, -0.2) is 35.2 Å². The van der Waals surface area contributed by atoms with Gasteiger partial charge in [0.2, 0.25) is 0 Å². The van der Waals surface area contributed by atoms with E-state index >= 15 is 0 Å². The van der Waals surface area contributed by atoms with Crippen molar-refractivity contribution in [3.63, 3.8) is 0 Å². The van der Waals surface area contributed by atoms with Gasteiger partial charge in [-0.15, -0.1) is 0 Å². The maximum atomic E-state index is 12.3. The predicted octanol–water partition coefficient (Wildman–Crippen LogP) is 3.26. The first kappa shape index (κ1) is 14.6. The molecule has 0 bridgehead atoms. The zero-order valence-corrected chi connectivity index (χ0v) is 12.3. The topological polar surface area (TPSA) is 53.2 Å². The molecule has 106 valence electrons. The van der Waals surface area contributed by atoms with Crippen molar-refractivity contribution in [2.24, 2.45) is 0 Å². The van der Waals surface area contributed by atoms with E-state index in [4.69, 9.17) is 11.6 Å². The Balaban J connectivity index is 2.25. The summed E-state index contributed by atoms with van der Waals surface area (Å²) in [7, 11) is 1.65. The molecule has 4 nitrogen and oxygen atoms in total. The van der Waals surface area contributed by atoms with Crippen LogP contribution in [0.5, 0.6) is 0 Å². The van der Waals surface area contributed by atoms with Crippen LogP contribution in [0.2, 0.25) is 5.02 Å². The second kappa shape index (κ2) is 6.09. The summed E-state index contributed by atoms with van der Waals surface area (Å²) in [6, 6.07) is 5.19. The number of halogens is 1. The van der Waals surface area contributed by atoms with Crippen LogP contribution in [0.4, 0.5) is 0 Å². The van der Waals surface area contributed by atoms with Gasteiger partial charge in [-0.2, -0.15) is 0 Å². The predicted molar refractivity (Wildman–Crippen MR) is 80.2 cm³/mol. The zero-order valence-electron chi connectivity index (χ0n) is 11.6. The van der Waals surface area contributed by atoms with Gasteiger partial charge in [0.15, 0.2) is 0 Å². The monoisotopic (exact) mass is 292 g/mol. The highest BCUT2D eigenvalue weighted by Crippen LogP contribution is 2.22. The van der Waals surface area contributed by atoms with Gasteiger partial charge in [0.05, 0.1) is 5.56 Å². The summed E-state index contributed by atoms with van der Waals surface area (Å²) in [6.45, 7) is 2.64. The van der Waals surface area contributed by atoms with E-state index in [-0.39, 0.29) is 0 Å². The van der Waals surface area contributed by atoms with E-state index < -0.39 is 11.7 Å². The molecule has 0 radical (unpaired) electrons. The van der Waals surface area contributed by atoms with Crippen molar-refractivity contribution in [1.82, 2.24) is 9.88 Å². The molecule has 0 unspecified atom stereocenters. The van der Waals surface area contributed by atoms with Crippen LogP contribution in [-0.2, 0) is 4.79 Å². The lowest BCUT2D eigenvalue weighted by atomic mass is 10.1. The summed E-state index contributed by atoms with van der Waals surface area (Å²) in [5, 5.41) is 1.31. The Bertz CT molecular complexity index is 648. The van der Waals surface area contributed by atoms with Gasteiger partial charge in [-0.3, -0.25) is 9.59 Å². The van der Waals surface area contributed by atoms with E-state index in [1.807, 2.05) is 6.92 Å². The van der Waals surface area contributed by atoms with Gasteiger partial charge < -0.3 is 9.88 Å². The van der Waals surface area contributed by atoms with E-state index in [0.29, 0.717) is 17.1 Å². The average molecular weight is 293 g/mol. The average Bonchev–Trinajstić information content (AvgIpc) is 2.85. The molecule has 0 fully saturated rings. The SMILES string of the molecule is CCCCN(C)C(=O)C(=O)c1c[nH]c2cc(Cl)ccc12. The van der Waals surface area contributed by atoms with E-state index in [0.717, 1.165) is 23.7 Å². The van der Waals surface area contributed by atoms with Crippen molar-refractivity contribution in [3.8, 4) is 0 Å². The number of aromatic nitrogens is 1. The number of fused-ring (bicyclic) bond motifs is 1. The van der Waals surface area contributed by atoms with Crippen molar-refractivity contribution in [1.29, 1.82) is 0 Å².